The Morgan fingerprint density at radius 2 is 2.08 bits per heavy atom. The molecule has 0 aromatic carbocycles. The van der Waals surface area contributed by atoms with Gasteiger partial charge < -0.3 is 15.0 Å². The van der Waals surface area contributed by atoms with Gasteiger partial charge in [0, 0.05) is 33.4 Å². The monoisotopic (exact) mass is 188 g/mol. The first-order chi connectivity index (χ1) is 5.75. The van der Waals surface area contributed by atoms with Crippen LogP contribution in [0.1, 0.15) is 12.8 Å². The highest BCUT2D eigenvalue weighted by molar-refractivity contribution is 7.80. The summed E-state index contributed by atoms with van der Waals surface area (Å²) in [6.07, 6.45) is 2.16. The third-order valence-corrected chi connectivity index (χ3v) is 2.76. The van der Waals surface area contributed by atoms with Crippen molar-refractivity contribution in [3.05, 3.63) is 0 Å². The van der Waals surface area contributed by atoms with Crippen LogP contribution in [0.15, 0.2) is 0 Å². The molecular formula is C8H16N2OS. The Balaban J connectivity index is 2.39. The van der Waals surface area contributed by atoms with E-state index in [4.69, 9.17) is 17.0 Å². The second-order valence-electron chi connectivity index (χ2n) is 3.01. The summed E-state index contributed by atoms with van der Waals surface area (Å²) in [5, 5.41) is 3.80. The van der Waals surface area contributed by atoms with Crippen molar-refractivity contribution < 1.29 is 4.74 Å². The van der Waals surface area contributed by atoms with E-state index in [1.54, 1.807) is 0 Å². The normalized spacial score (nSPS) is 18.8. The smallest absolute Gasteiger partial charge is 0.168 e. The van der Waals surface area contributed by atoms with Gasteiger partial charge in [-0.3, -0.25) is 0 Å². The van der Waals surface area contributed by atoms with E-state index < -0.39 is 0 Å². The lowest BCUT2D eigenvalue weighted by Crippen LogP contribution is -2.44. The number of nitrogens with zero attached hydrogens (tertiary/aromatic N) is 1. The molecule has 0 amide bonds. The topological polar surface area (TPSA) is 24.5 Å². The molecule has 0 saturated carbocycles. The Morgan fingerprint density at radius 3 is 2.58 bits per heavy atom. The molecular weight excluding hydrogens is 172 g/mol. The van der Waals surface area contributed by atoms with Crippen molar-refractivity contribution in [3.8, 4) is 0 Å². The predicted molar refractivity (Wildman–Crippen MR) is 53.3 cm³/mol. The van der Waals surface area contributed by atoms with Gasteiger partial charge in [0.25, 0.3) is 0 Å². The van der Waals surface area contributed by atoms with Crippen LogP contribution < -0.4 is 5.32 Å². The van der Waals surface area contributed by atoms with E-state index in [9.17, 15) is 0 Å². The van der Waals surface area contributed by atoms with Crippen molar-refractivity contribution in [1.29, 1.82) is 0 Å². The van der Waals surface area contributed by atoms with Crippen molar-refractivity contribution in [1.82, 2.24) is 10.2 Å². The number of hydrogen-bond acceptors (Lipinski definition) is 2. The molecule has 1 aliphatic rings. The Kier molecular flexibility index (Phi) is 3.75. The second kappa shape index (κ2) is 4.62. The molecule has 0 bridgehead atoms. The van der Waals surface area contributed by atoms with Crippen LogP contribution in [0.4, 0.5) is 0 Å². The minimum Gasteiger partial charge on any atom is -0.381 e. The van der Waals surface area contributed by atoms with Crippen LogP contribution in [-0.2, 0) is 4.74 Å². The Labute approximate surface area is 79.1 Å². The van der Waals surface area contributed by atoms with Crippen molar-refractivity contribution in [2.75, 3.05) is 27.3 Å². The van der Waals surface area contributed by atoms with Crippen LogP contribution in [0, 0.1) is 0 Å². The van der Waals surface area contributed by atoms with Crippen LogP contribution in [0.25, 0.3) is 0 Å². The third kappa shape index (κ3) is 2.32. The van der Waals surface area contributed by atoms with Gasteiger partial charge in [-0.1, -0.05) is 0 Å². The standard InChI is InChI=1S/C8H16N2OS/c1-9-8(12)10(2)7-3-5-11-6-4-7/h7H,3-6H2,1-2H3,(H,9,12). The summed E-state index contributed by atoms with van der Waals surface area (Å²) >= 11 is 5.13. The predicted octanol–water partition coefficient (Wildman–Crippen LogP) is 0.601. The zero-order valence-corrected chi connectivity index (χ0v) is 8.49. The molecule has 0 unspecified atom stereocenters. The summed E-state index contributed by atoms with van der Waals surface area (Å²) in [5.41, 5.74) is 0. The highest BCUT2D eigenvalue weighted by Gasteiger charge is 2.19. The molecule has 1 fully saturated rings. The molecule has 12 heavy (non-hydrogen) atoms. The van der Waals surface area contributed by atoms with E-state index >= 15 is 0 Å². The number of hydrogen-bond donors (Lipinski definition) is 1. The van der Waals surface area contributed by atoms with Crippen LogP contribution in [0.2, 0.25) is 0 Å². The van der Waals surface area contributed by atoms with Gasteiger partial charge in [0.05, 0.1) is 0 Å². The molecule has 70 valence electrons. The van der Waals surface area contributed by atoms with Gasteiger partial charge in [-0.05, 0) is 25.1 Å². The van der Waals surface area contributed by atoms with Crippen LogP contribution in [0.3, 0.4) is 0 Å². The SMILES string of the molecule is CNC(=S)N(C)C1CCOCC1. The fourth-order valence-electron chi connectivity index (χ4n) is 1.41. The van der Waals surface area contributed by atoms with Gasteiger partial charge in [-0.25, -0.2) is 0 Å². The van der Waals surface area contributed by atoms with E-state index in [1.165, 1.54) is 0 Å². The van der Waals surface area contributed by atoms with Crippen LogP contribution in [-0.4, -0.2) is 43.4 Å². The number of nitrogens with one attached hydrogen (secondary N) is 1. The fraction of sp³-hybridized carbons (Fsp3) is 0.875. The lowest BCUT2D eigenvalue weighted by molar-refractivity contribution is 0.0604. The molecule has 3 nitrogen and oxygen atoms in total. The number of ether oxygens (including phenoxy) is 1. The molecule has 0 aliphatic carbocycles. The summed E-state index contributed by atoms with van der Waals surface area (Å²) in [7, 11) is 3.90. The molecule has 0 spiro atoms. The summed E-state index contributed by atoms with van der Waals surface area (Å²) in [4.78, 5) is 2.12. The Hall–Kier alpha value is -0.350. The molecule has 1 N–H and O–H groups in total. The maximum absolute atomic E-state index is 5.27. The summed E-state index contributed by atoms with van der Waals surface area (Å²) in [6, 6.07) is 0.554. The molecule has 0 radical (unpaired) electrons. The molecule has 1 saturated heterocycles. The molecule has 0 aromatic heterocycles. The van der Waals surface area contributed by atoms with E-state index in [0.29, 0.717) is 6.04 Å². The summed E-state index contributed by atoms with van der Waals surface area (Å²) < 4.78 is 5.27. The maximum Gasteiger partial charge on any atom is 0.168 e. The first-order valence-corrected chi connectivity index (χ1v) is 4.69. The first-order valence-electron chi connectivity index (χ1n) is 4.28. The van der Waals surface area contributed by atoms with Gasteiger partial charge >= 0.3 is 0 Å². The van der Waals surface area contributed by atoms with E-state index in [-0.39, 0.29) is 0 Å². The highest BCUT2D eigenvalue weighted by atomic mass is 32.1. The van der Waals surface area contributed by atoms with Gasteiger partial charge in [-0.2, -0.15) is 0 Å². The van der Waals surface area contributed by atoms with Crippen molar-refractivity contribution in [2.45, 2.75) is 18.9 Å². The average Bonchev–Trinajstić information content (AvgIpc) is 2.17. The van der Waals surface area contributed by atoms with E-state index in [0.717, 1.165) is 31.2 Å². The van der Waals surface area contributed by atoms with Gasteiger partial charge in [0.1, 0.15) is 0 Å². The van der Waals surface area contributed by atoms with E-state index in [2.05, 4.69) is 10.2 Å². The third-order valence-electron chi connectivity index (χ3n) is 2.27. The van der Waals surface area contributed by atoms with E-state index in [1.807, 2.05) is 14.1 Å². The summed E-state index contributed by atoms with van der Waals surface area (Å²) in [5.74, 6) is 0. The molecule has 1 aliphatic heterocycles. The molecule has 0 aromatic rings. The quantitative estimate of drug-likeness (QED) is 0.609. The molecule has 4 heteroatoms. The molecule has 1 heterocycles. The fourth-order valence-corrected chi connectivity index (χ4v) is 1.56. The molecule has 1 rings (SSSR count). The average molecular weight is 188 g/mol. The van der Waals surface area contributed by atoms with Crippen molar-refractivity contribution in [2.24, 2.45) is 0 Å². The zero-order chi connectivity index (χ0) is 8.97. The summed E-state index contributed by atoms with van der Waals surface area (Å²) in [6.45, 7) is 1.72. The number of rotatable bonds is 1. The lowest BCUT2D eigenvalue weighted by atomic mass is 10.1. The zero-order valence-electron chi connectivity index (χ0n) is 7.67. The highest BCUT2D eigenvalue weighted by Crippen LogP contribution is 2.12. The number of thiocarbonyl (C=S) groups is 1. The maximum atomic E-state index is 5.27. The van der Waals surface area contributed by atoms with Crippen LogP contribution in [0.5, 0.6) is 0 Å². The Bertz CT molecular complexity index is 157. The second-order valence-corrected chi connectivity index (χ2v) is 3.40. The van der Waals surface area contributed by atoms with Crippen LogP contribution >= 0.6 is 12.2 Å². The molecule has 0 atom stereocenters. The van der Waals surface area contributed by atoms with Gasteiger partial charge in [0.15, 0.2) is 5.11 Å². The van der Waals surface area contributed by atoms with Gasteiger partial charge in [-0.15, -0.1) is 0 Å². The first kappa shape index (κ1) is 9.74. The van der Waals surface area contributed by atoms with Crippen molar-refractivity contribution >= 4 is 17.3 Å². The largest absolute Gasteiger partial charge is 0.381 e. The van der Waals surface area contributed by atoms with Gasteiger partial charge in [0.2, 0.25) is 0 Å². The Morgan fingerprint density at radius 1 is 1.50 bits per heavy atom. The lowest BCUT2D eigenvalue weighted by Gasteiger charge is -2.32. The minimum absolute atomic E-state index is 0.554. The van der Waals surface area contributed by atoms with Crippen molar-refractivity contribution in [3.63, 3.8) is 0 Å². The minimum atomic E-state index is 0.554.